The predicted molar refractivity (Wildman–Crippen MR) is 329 cm³/mol. The van der Waals surface area contributed by atoms with Crippen LogP contribution in [0.2, 0.25) is 0 Å². The molecule has 0 saturated heterocycles. The molecule has 0 aliphatic heterocycles. The highest BCUT2D eigenvalue weighted by molar-refractivity contribution is 6.14. The van der Waals surface area contributed by atoms with E-state index in [0.29, 0.717) is 33.2 Å². The Labute approximate surface area is 474 Å². The minimum Gasteiger partial charge on any atom is -0.309 e. The number of benzene rings is 10. The van der Waals surface area contributed by atoms with E-state index < -0.39 is 23.5 Å². The Hall–Kier alpha value is -8.62. The Morgan fingerprint density at radius 3 is 0.683 bits per heavy atom. The molecule has 0 aliphatic carbocycles. The number of hydrogen-bond acceptors (Lipinski definition) is 0. The third kappa shape index (κ3) is 9.08. The molecule has 10 aromatic carbocycles. The molecule has 0 radical (unpaired) electrons. The van der Waals surface area contributed by atoms with Gasteiger partial charge in [-0.15, -0.1) is 0 Å². The van der Waals surface area contributed by atoms with Crippen molar-refractivity contribution in [3.05, 3.63) is 236 Å². The van der Waals surface area contributed by atoms with Gasteiger partial charge in [0.2, 0.25) is 0 Å². The van der Waals surface area contributed by atoms with Crippen molar-refractivity contribution in [2.45, 2.75) is 95.4 Å². The number of hydrogen-bond donors (Lipinski definition) is 0. The number of nitrogens with zero attached hydrogens (tertiary/aromatic N) is 2. The van der Waals surface area contributed by atoms with Crippen LogP contribution in [0.15, 0.2) is 158 Å². The van der Waals surface area contributed by atoms with E-state index in [4.69, 9.17) is 0 Å². The number of aryl methyl sites for hydroxylation is 12. The van der Waals surface area contributed by atoms with Gasteiger partial charge in [0.25, 0.3) is 0 Å². The van der Waals surface area contributed by atoms with Crippen LogP contribution in [-0.4, -0.2) is 9.13 Å². The van der Waals surface area contributed by atoms with E-state index in [2.05, 4.69) is 156 Å². The molecule has 82 heavy (non-hydrogen) atoms. The summed E-state index contributed by atoms with van der Waals surface area (Å²) in [7, 11) is 0. The molecule has 2 heterocycles. The van der Waals surface area contributed by atoms with Crippen molar-refractivity contribution in [1.29, 1.82) is 0 Å². The van der Waals surface area contributed by atoms with Crippen LogP contribution in [0.3, 0.4) is 0 Å². The van der Waals surface area contributed by atoms with Crippen LogP contribution >= 0.6 is 0 Å². The van der Waals surface area contributed by atoms with E-state index in [-0.39, 0.29) is 11.4 Å². The van der Waals surface area contributed by atoms with E-state index in [1.165, 1.54) is 12.1 Å². The third-order valence-corrected chi connectivity index (χ3v) is 16.8. The van der Waals surface area contributed by atoms with Gasteiger partial charge in [0.1, 0.15) is 0 Å². The number of aromatic nitrogens is 2. The maximum Gasteiger partial charge on any atom is 0.416 e. The molecule has 0 atom stereocenters. The van der Waals surface area contributed by atoms with E-state index in [1.807, 2.05) is 57.7 Å². The molecule has 2 nitrogen and oxygen atoms in total. The summed E-state index contributed by atoms with van der Waals surface area (Å²) in [6.45, 7) is 25.0. The molecule has 2 aromatic heterocycles. The molecular weight excluding hydrogens is 1030 g/mol. The minimum atomic E-state index is -4.76. The SMILES string of the molecule is Cc1cc(C)c(-c2ccc3c(c2)c2cc(-c4c(C)cc(C)cc4C)ccc2n3-c2cc(C(F)(F)F)ccc2-c2ccc(C(F)(F)F)cc2-n2c3ccc(-c4c(C)cc(C)cc4C)cc3c3cc(-c4c(C)cc(C)cc4C)ccc32)c(C)c1. The summed E-state index contributed by atoms with van der Waals surface area (Å²) >= 11 is 0. The predicted octanol–water partition coefficient (Wildman–Crippen LogP) is 22.0. The zero-order chi connectivity index (χ0) is 58.2. The van der Waals surface area contributed by atoms with Gasteiger partial charge >= 0.3 is 12.4 Å². The lowest BCUT2D eigenvalue weighted by Crippen LogP contribution is -2.10. The number of alkyl halides is 6. The average molecular weight is 1090 g/mol. The van der Waals surface area contributed by atoms with Gasteiger partial charge in [-0.3, -0.25) is 0 Å². The van der Waals surface area contributed by atoms with Crippen molar-refractivity contribution >= 4 is 43.6 Å². The molecule has 0 amide bonds. The van der Waals surface area contributed by atoms with Crippen LogP contribution in [0.5, 0.6) is 0 Å². The molecule has 0 spiro atoms. The fraction of sp³-hybridized carbons (Fsp3) is 0.189. The van der Waals surface area contributed by atoms with Crippen molar-refractivity contribution in [2.24, 2.45) is 0 Å². The molecule has 0 fully saturated rings. The Kier molecular flexibility index (Phi) is 12.9. The van der Waals surface area contributed by atoms with Crippen molar-refractivity contribution < 1.29 is 26.3 Å². The monoisotopic (exact) mass is 1090 g/mol. The highest BCUT2D eigenvalue weighted by Gasteiger charge is 2.35. The van der Waals surface area contributed by atoms with Crippen LogP contribution < -0.4 is 0 Å². The van der Waals surface area contributed by atoms with Crippen molar-refractivity contribution in [1.82, 2.24) is 9.13 Å². The van der Waals surface area contributed by atoms with E-state index in [1.54, 1.807) is 0 Å². The summed E-state index contributed by atoms with van der Waals surface area (Å²) < 4.78 is 96.2. The van der Waals surface area contributed by atoms with E-state index >= 15 is 26.3 Å². The van der Waals surface area contributed by atoms with Gasteiger partial charge in [-0.25, -0.2) is 0 Å². The molecule has 410 valence electrons. The largest absolute Gasteiger partial charge is 0.416 e. The van der Waals surface area contributed by atoms with Gasteiger partial charge in [0.05, 0.1) is 44.6 Å². The molecule has 8 heteroatoms. The second-order valence-corrected chi connectivity index (χ2v) is 23.2. The first-order valence-corrected chi connectivity index (χ1v) is 27.8. The quantitative estimate of drug-likeness (QED) is 0.141. The van der Waals surface area contributed by atoms with Gasteiger partial charge in [-0.05, 0) is 245 Å². The highest BCUT2D eigenvalue weighted by atomic mass is 19.4. The maximum absolute atomic E-state index is 15.4. The lowest BCUT2D eigenvalue weighted by molar-refractivity contribution is -0.138. The Morgan fingerprint density at radius 1 is 0.256 bits per heavy atom. The van der Waals surface area contributed by atoms with Gasteiger partial charge in [-0.1, -0.05) is 107 Å². The fourth-order valence-corrected chi connectivity index (χ4v) is 14.0. The lowest BCUT2D eigenvalue weighted by Gasteiger charge is -2.21. The second-order valence-electron chi connectivity index (χ2n) is 23.2. The smallest absolute Gasteiger partial charge is 0.309 e. The minimum absolute atomic E-state index is 0.169. The van der Waals surface area contributed by atoms with Gasteiger partial charge < -0.3 is 9.13 Å². The Bertz CT molecular complexity index is 4050. The highest BCUT2D eigenvalue weighted by Crippen LogP contribution is 2.48. The fourth-order valence-electron chi connectivity index (χ4n) is 14.0. The Balaban J connectivity index is 1.19. The van der Waals surface area contributed by atoms with E-state index in [0.717, 1.165) is 157 Å². The standard InChI is InChI=1S/C74H62F6N2/c1-39-25-43(5)69(44(6)26-39)51-13-21-63-59(33-51)60-34-52(70-45(7)27-40(2)28-46(70)8)14-22-64(60)81(63)67-37-55(73(75,76)77)17-19-57(67)58-20-18-56(74(78,79)80)38-68(58)82-65-23-15-53(71-47(9)29-41(3)30-48(71)10)35-61(65)62-36-54(16-24-66(62)82)72-49(11)31-42(4)32-50(72)12/h13-38H,1-12H3. The number of halogens is 6. The molecule has 0 unspecified atom stereocenters. The summed E-state index contributed by atoms with van der Waals surface area (Å²) in [4.78, 5) is 0. The summed E-state index contributed by atoms with van der Waals surface area (Å²) in [5.41, 5.74) is 23.2. The molecular formula is C74H62F6N2. The molecule has 0 N–H and O–H groups in total. The second kappa shape index (κ2) is 19.5. The summed E-state index contributed by atoms with van der Waals surface area (Å²) in [5, 5.41) is 3.28. The van der Waals surface area contributed by atoms with Crippen molar-refractivity contribution in [2.75, 3.05) is 0 Å². The third-order valence-electron chi connectivity index (χ3n) is 16.8. The van der Waals surface area contributed by atoms with Gasteiger partial charge in [0.15, 0.2) is 0 Å². The van der Waals surface area contributed by atoms with Crippen LogP contribution in [0.4, 0.5) is 26.3 Å². The van der Waals surface area contributed by atoms with Crippen molar-refractivity contribution in [3.8, 4) is 67.0 Å². The topological polar surface area (TPSA) is 9.86 Å². The molecule has 0 bridgehead atoms. The van der Waals surface area contributed by atoms with Crippen LogP contribution in [0, 0.1) is 83.1 Å². The summed E-state index contributed by atoms with van der Waals surface area (Å²) in [6, 6.07) is 49.0. The first-order chi connectivity index (χ1) is 38.8. The first-order valence-electron chi connectivity index (χ1n) is 27.8. The number of rotatable bonds is 7. The lowest BCUT2D eigenvalue weighted by atomic mass is 9.91. The Morgan fingerprint density at radius 2 is 0.476 bits per heavy atom. The summed E-state index contributed by atoms with van der Waals surface area (Å²) in [6.07, 6.45) is -9.53. The van der Waals surface area contributed by atoms with E-state index in [9.17, 15) is 0 Å². The molecule has 12 aromatic rings. The normalized spacial score (nSPS) is 12.3. The molecule has 0 saturated carbocycles. The molecule has 12 rings (SSSR count). The van der Waals surface area contributed by atoms with Crippen LogP contribution in [0.1, 0.15) is 77.9 Å². The van der Waals surface area contributed by atoms with Crippen molar-refractivity contribution in [3.63, 3.8) is 0 Å². The van der Waals surface area contributed by atoms with Gasteiger partial charge in [-0.2, -0.15) is 26.3 Å². The average Bonchev–Trinajstić information content (AvgIpc) is 4.04. The van der Waals surface area contributed by atoms with Crippen LogP contribution in [-0.2, 0) is 12.4 Å². The maximum atomic E-state index is 15.4. The molecule has 0 aliphatic rings. The first kappa shape index (κ1) is 54.0. The van der Waals surface area contributed by atoms with Gasteiger partial charge in [0, 0.05) is 32.7 Å². The number of fused-ring (bicyclic) bond motifs is 6. The zero-order valence-corrected chi connectivity index (χ0v) is 48.2. The summed E-state index contributed by atoms with van der Waals surface area (Å²) in [5.74, 6) is 0. The van der Waals surface area contributed by atoms with Crippen LogP contribution in [0.25, 0.3) is 111 Å². The zero-order valence-electron chi connectivity index (χ0n) is 48.2.